The molecule has 0 aliphatic rings. The molecule has 11 rings (SSSR count). The minimum absolute atomic E-state index is 0. The lowest BCUT2D eigenvalue weighted by Crippen LogP contribution is -2.22. The van der Waals surface area contributed by atoms with Gasteiger partial charge in [-0.15, -0.1) is 0 Å². The molecule has 0 aliphatic carbocycles. The predicted octanol–water partition coefficient (Wildman–Crippen LogP) is 20.3. The lowest BCUT2D eigenvalue weighted by molar-refractivity contribution is -0.119. The number of aromatic hydroxyl groups is 1. The fourth-order valence-corrected chi connectivity index (χ4v) is 10.3. The predicted molar refractivity (Wildman–Crippen MR) is 431 cm³/mol. The smallest absolute Gasteiger partial charge is 0.216 e. The van der Waals surface area contributed by atoms with Gasteiger partial charge in [0.1, 0.15) is 65.8 Å². The molecule has 0 bridgehead atoms. The van der Waals surface area contributed by atoms with Crippen LogP contribution in [0.3, 0.4) is 0 Å². The number of halogens is 2. The number of carbonyl (C=O) groups is 2. The third kappa shape index (κ3) is 27.5. The van der Waals surface area contributed by atoms with Gasteiger partial charge in [-0.2, -0.15) is 5.26 Å². The molecule has 14 nitrogen and oxygen atoms in total. The van der Waals surface area contributed by atoms with Crippen LogP contribution in [0.15, 0.2) is 212 Å². The average molecular weight is 1570 g/mol. The summed E-state index contributed by atoms with van der Waals surface area (Å²) in [7, 11) is 6.61. The Hall–Kier alpha value is -9.29. The summed E-state index contributed by atoms with van der Waals surface area (Å²) in [5, 5.41) is 33.0. The maximum atomic E-state index is 11.2. The highest BCUT2D eigenvalue weighted by Crippen LogP contribution is 2.34. The largest absolute Gasteiger partial charge is 0.508 e. The Labute approximate surface area is 612 Å². The lowest BCUT2D eigenvalue weighted by Gasteiger charge is -2.13. The topological polar surface area (TPSA) is 193 Å². The van der Waals surface area contributed by atoms with Gasteiger partial charge in [-0.05, 0) is 205 Å². The van der Waals surface area contributed by atoms with Crippen LogP contribution in [0.4, 0.5) is 0 Å². The first-order valence-electron chi connectivity index (χ1n) is 30.2. The Morgan fingerprint density at radius 2 is 0.697 bits per heavy atom. The van der Waals surface area contributed by atoms with Crippen LogP contribution in [0.25, 0.3) is 43.1 Å². The van der Waals surface area contributed by atoms with Crippen LogP contribution in [0, 0.1) is 11.3 Å². The Morgan fingerprint density at radius 3 is 1.00 bits per heavy atom. The molecule has 0 aromatic heterocycles. The van der Waals surface area contributed by atoms with Crippen molar-refractivity contribution in [3.63, 3.8) is 0 Å². The quantitative estimate of drug-likeness (QED) is 0.0470. The molecule has 16 heteroatoms. The summed E-state index contributed by atoms with van der Waals surface area (Å²) in [6.45, 7) is 6.35. The minimum Gasteiger partial charge on any atom is -0.508 e. The maximum Gasteiger partial charge on any atom is 0.216 e. The summed E-state index contributed by atoms with van der Waals surface area (Å²) < 4.78 is 39.1. The first-order valence-corrected chi connectivity index (χ1v) is 36.5. The number of nitrogens with two attached hydrogens (primary N) is 1. The van der Waals surface area contributed by atoms with E-state index in [0.717, 1.165) is 124 Å². The van der Waals surface area contributed by atoms with Gasteiger partial charge in [0.2, 0.25) is 11.8 Å². The second kappa shape index (κ2) is 46.8. The van der Waals surface area contributed by atoms with Crippen LogP contribution in [0.2, 0.25) is 0 Å². The van der Waals surface area contributed by atoms with E-state index in [2.05, 4.69) is 90.3 Å². The van der Waals surface area contributed by atoms with E-state index >= 15 is 0 Å². The number of nitriles is 1. The molecule has 5 N–H and O–H groups in total. The Kier molecular flexibility index (Phi) is 41.5. The van der Waals surface area contributed by atoms with Crippen LogP contribution in [-0.2, 0) is 55.1 Å². The fraction of sp³-hybridized carbons (Fsp3) is 0.265. The van der Waals surface area contributed by atoms with Crippen LogP contribution in [0.5, 0.6) is 46.0 Å². The number of methoxy groups -OCH3 is 4. The molecule has 528 valence electrons. The number of nitrogens with one attached hydrogen (secondary N) is 2. The number of ether oxygens (including phenoxy) is 7. The van der Waals surface area contributed by atoms with E-state index in [1.165, 1.54) is 24.8 Å². The standard InChI is InChI=1S/C22H23NO3.C20H21NO2.C20H17NO2.C15H17NO3.6CH4.I2/c1-16(24)23-11-10-19-13-21(26-15-17-6-4-3-5-7-17)12-18-8-9-20(25-2)14-22(18)19;2*1-22-18-8-7-16-11-19(12-17(9-10-21)20(16)13-18)23-14-15-5-3-2-4-6-15;1-10(17)16-6-5-12-8-13(18)7-11-3-4-14(19-2)9-15(11)12;;;;;;;1-2/h3-9,12-14H,10-11,15H2,1-2H3,(H,23,24);2-8,11-13H,9-10,14,21H2,1H3;2-8,11-13H,9,14H2,1H3;3-4,7-9,18H,5-6H2,1-2H3,(H,16,17);6*1H4;. The van der Waals surface area contributed by atoms with Crippen molar-refractivity contribution < 1.29 is 47.9 Å². The SMILES string of the molecule is C.C.C.C.C.C.COc1ccc2cc(O)cc(CCNC(C)=O)c2c1.COc1ccc2cc(OCc3ccccc3)cc(CC#N)c2c1.COc1ccc2cc(OCc3ccccc3)cc(CCN)c2c1.COc1ccc2cc(OCc3ccccc3)cc(CCNC(C)=O)c2c1.II. The number of hydrogen-bond donors (Lipinski definition) is 4. The number of benzene rings is 11. The lowest BCUT2D eigenvalue weighted by atomic mass is 10.0. The Bertz CT molecular complexity index is 4230. The van der Waals surface area contributed by atoms with Gasteiger partial charge >= 0.3 is 0 Å². The molecule has 0 aliphatic heterocycles. The van der Waals surface area contributed by atoms with Gasteiger partial charge in [-0.3, -0.25) is 9.59 Å². The van der Waals surface area contributed by atoms with Crippen molar-refractivity contribution in [3.05, 3.63) is 251 Å². The zero-order valence-corrected chi connectivity index (χ0v) is 57.5. The van der Waals surface area contributed by atoms with E-state index in [9.17, 15) is 14.7 Å². The number of fused-ring (bicyclic) bond motifs is 4. The monoisotopic (exact) mass is 1570 g/mol. The Balaban J connectivity index is 0.000000644. The molecular weight excluding hydrogens is 1470 g/mol. The summed E-state index contributed by atoms with van der Waals surface area (Å²) >= 11 is 4.24. The van der Waals surface area contributed by atoms with Crippen molar-refractivity contribution in [2.75, 3.05) is 48.1 Å². The number of nitrogens with zero attached hydrogens (tertiary/aromatic N) is 1. The van der Waals surface area contributed by atoms with Gasteiger partial charge in [0.05, 0.1) is 40.9 Å². The van der Waals surface area contributed by atoms with E-state index < -0.39 is 0 Å². The number of carbonyl (C=O) groups excluding carboxylic acids is 2. The van der Waals surface area contributed by atoms with Crippen LogP contribution in [-0.4, -0.2) is 65.0 Å². The van der Waals surface area contributed by atoms with Crippen molar-refractivity contribution in [2.45, 2.75) is 104 Å². The van der Waals surface area contributed by atoms with Crippen molar-refractivity contribution in [2.24, 2.45) is 5.73 Å². The fourth-order valence-electron chi connectivity index (χ4n) is 10.3. The van der Waals surface area contributed by atoms with Crippen molar-refractivity contribution in [1.29, 1.82) is 5.26 Å². The molecule has 0 unspecified atom stereocenters. The van der Waals surface area contributed by atoms with Gasteiger partial charge in [0, 0.05) is 64.2 Å². The summed E-state index contributed by atoms with van der Waals surface area (Å²) in [6, 6.07) is 71.8. The number of phenolic OH excluding ortho intramolecular Hbond substituents is 1. The molecule has 0 saturated carbocycles. The first-order chi connectivity index (χ1) is 45.3. The van der Waals surface area contributed by atoms with E-state index in [1.807, 2.05) is 164 Å². The molecule has 0 radical (unpaired) electrons. The zero-order chi connectivity index (χ0) is 66.3. The molecule has 99 heavy (non-hydrogen) atoms. The third-order valence-corrected chi connectivity index (χ3v) is 14.9. The second-order valence-corrected chi connectivity index (χ2v) is 21.4. The van der Waals surface area contributed by atoms with Crippen LogP contribution in [0.1, 0.15) is 97.4 Å². The summed E-state index contributed by atoms with van der Waals surface area (Å²) in [5.74, 6) is 5.86. The molecule has 11 aromatic carbocycles. The molecule has 2 amide bonds. The van der Waals surface area contributed by atoms with Crippen molar-refractivity contribution >= 4 is 92.1 Å². The number of phenols is 1. The van der Waals surface area contributed by atoms with E-state index in [-0.39, 0.29) is 62.1 Å². The second-order valence-electron chi connectivity index (χ2n) is 21.4. The number of rotatable bonds is 22. The van der Waals surface area contributed by atoms with Gasteiger partial charge in [-0.25, -0.2) is 0 Å². The highest BCUT2D eigenvalue weighted by atomic mass is 128. The van der Waals surface area contributed by atoms with Gasteiger partial charge in [0.25, 0.3) is 0 Å². The highest BCUT2D eigenvalue weighted by Gasteiger charge is 2.12. The first kappa shape index (κ1) is 87.7. The van der Waals surface area contributed by atoms with E-state index in [1.54, 1.807) is 40.6 Å². The van der Waals surface area contributed by atoms with E-state index in [0.29, 0.717) is 52.3 Å². The third-order valence-electron chi connectivity index (χ3n) is 14.9. The molecule has 0 saturated heterocycles. The average Bonchev–Trinajstić information content (AvgIpc) is 0.829. The molecule has 0 fully saturated rings. The normalized spacial score (nSPS) is 9.70. The summed E-state index contributed by atoms with van der Waals surface area (Å²) in [6.07, 6.45) is 2.54. The van der Waals surface area contributed by atoms with Gasteiger partial charge < -0.3 is 54.6 Å². The maximum absolute atomic E-state index is 11.2. The van der Waals surface area contributed by atoms with Crippen molar-refractivity contribution in [3.8, 4) is 52.1 Å². The highest BCUT2D eigenvalue weighted by molar-refractivity contribution is 15.0. The van der Waals surface area contributed by atoms with Gasteiger partial charge in [0.15, 0.2) is 0 Å². The molecule has 0 spiro atoms. The number of hydrogen-bond acceptors (Lipinski definition) is 12. The van der Waals surface area contributed by atoms with Crippen molar-refractivity contribution in [1.82, 2.24) is 10.6 Å². The summed E-state index contributed by atoms with van der Waals surface area (Å²) in [4.78, 5) is 22.1. The zero-order valence-electron chi connectivity index (χ0n) is 53.2. The molecule has 0 heterocycles. The van der Waals surface area contributed by atoms with Crippen LogP contribution < -0.4 is 49.5 Å². The Morgan fingerprint density at radius 1 is 0.404 bits per heavy atom. The van der Waals surface area contributed by atoms with E-state index in [4.69, 9.17) is 44.2 Å². The molecule has 0 atom stereocenters. The van der Waals surface area contributed by atoms with Crippen LogP contribution >= 0.6 is 37.2 Å². The summed E-state index contributed by atoms with van der Waals surface area (Å²) in [5.41, 5.74) is 13.4. The number of amides is 2. The van der Waals surface area contributed by atoms with Gasteiger partial charge in [-0.1, -0.05) is 160 Å². The molecular formula is C83H102I2N4O10. The molecule has 11 aromatic rings. The minimum atomic E-state index is -0.0537.